The molecule has 0 atom stereocenters. The van der Waals surface area contributed by atoms with E-state index in [0.717, 1.165) is 10.2 Å². The van der Waals surface area contributed by atoms with E-state index in [-0.39, 0.29) is 3.79 Å². The highest BCUT2D eigenvalue weighted by molar-refractivity contribution is 14.2. The van der Waals surface area contributed by atoms with Crippen LogP contribution in [0.5, 0.6) is 0 Å². The van der Waals surface area contributed by atoms with Crippen molar-refractivity contribution in [2.75, 3.05) is 25.5 Å². The number of hydrogen-bond donors (Lipinski definition) is 1. The molecule has 0 saturated carbocycles. The first-order valence-electron chi connectivity index (χ1n) is 8.10. The quantitative estimate of drug-likeness (QED) is 0.320. The first-order valence-corrected chi connectivity index (χ1v) is 10.3. The Morgan fingerprint density at radius 1 is 1.19 bits per heavy atom. The number of rotatable bonds is 5. The lowest BCUT2D eigenvalue weighted by atomic mass is 9.88. The standard InChI is InChI=1S/C19H18BIN2O3/c1-26-19(25)14-8-5-9-15(18(14)20)22-16-11-23(12-17(24)21-16)10-13-6-3-2-4-7-13/h2-9,22H,10-12H2,1H3. The summed E-state index contributed by atoms with van der Waals surface area (Å²) < 4.78 is 5.99. The minimum absolute atomic E-state index is 0.260. The van der Waals surface area contributed by atoms with Gasteiger partial charge in [-0.25, -0.2) is 4.79 Å². The van der Waals surface area contributed by atoms with Crippen LogP contribution in [0.4, 0.5) is 5.69 Å². The Balaban J connectivity index is 1.75. The Bertz CT molecular complexity index is 855. The number of hydrogen-bond acceptors (Lipinski definition) is 5. The first kappa shape index (κ1) is 18.8. The van der Waals surface area contributed by atoms with E-state index in [1.807, 2.05) is 18.2 Å². The number of ether oxygens (including phenoxy) is 1. The van der Waals surface area contributed by atoms with Gasteiger partial charge in [0.05, 0.1) is 22.9 Å². The summed E-state index contributed by atoms with van der Waals surface area (Å²) in [5.74, 6) is -0.476. The molecule has 26 heavy (non-hydrogen) atoms. The minimum Gasteiger partial charge on any atom is -0.465 e. The molecule has 5 nitrogen and oxygen atoms in total. The smallest absolute Gasteiger partial charge is 0.337 e. The highest BCUT2D eigenvalue weighted by atomic mass is 127. The molecule has 0 fully saturated rings. The Hall–Kier alpha value is -2.00. The topological polar surface area (TPSA) is 58.6 Å². The van der Waals surface area contributed by atoms with Gasteiger partial charge in [-0.1, -0.05) is 41.9 Å². The number of esters is 1. The zero-order valence-corrected chi connectivity index (χ0v) is 16.5. The Kier molecular flexibility index (Phi) is 6.21. The van der Waals surface area contributed by atoms with Crippen molar-refractivity contribution < 1.29 is 14.3 Å². The molecular formula is C19H18BIN2O3. The number of carbonyl (C=O) groups is 2. The van der Waals surface area contributed by atoms with E-state index in [1.165, 1.54) is 12.7 Å². The predicted octanol–water partition coefficient (Wildman–Crippen LogP) is 1.82. The fraction of sp³-hybridized carbons (Fsp3) is 0.211. The van der Waals surface area contributed by atoms with Crippen molar-refractivity contribution in [3.8, 4) is 0 Å². The van der Waals surface area contributed by atoms with E-state index in [4.69, 9.17) is 12.6 Å². The summed E-state index contributed by atoms with van der Waals surface area (Å²) >= 11 is -0.732. The van der Waals surface area contributed by atoms with Gasteiger partial charge >= 0.3 is 5.97 Å². The largest absolute Gasteiger partial charge is 0.465 e. The zero-order chi connectivity index (χ0) is 18.5. The monoisotopic (exact) mass is 460 g/mol. The SMILES string of the molecule is [B]c1c(NC2=IC(=O)CN(Cc3ccccc3)C2)cccc1C(=O)OC. The average Bonchev–Trinajstić information content (AvgIpc) is 2.63. The van der Waals surface area contributed by atoms with Gasteiger partial charge in [0, 0.05) is 18.8 Å². The third kappa shape index (κ3) is 4.59. The maximum atomic E-state index is 12.2. The minimum atomic E-state index is -0.732. The van der Waals surface area contributed by atoms with Gasteiger partial charge < -0.3 is 10.1 Å². The van der Waals surface area contributed by atoms with Crippen LogP contribution in [0, 0.1) is 0 Å². The molecule has 7 heteroatoms. The lowest BCUT2D eigenvalue weighted by molar-refractivity contribution is -0.110. The Morgan fingerprint density at radius 2 is 1.96 bits per heavy atom. The van der Waals surface area contributed by atoms with Crippen molar-refractivity contribution in [2.45, 2.75) is 6.54 Å². The van der Waals surface area contributed by atoms with Crippen molar-refractivity contribution in [1.29, 1.82) is 0 Å². The summed E-state index contributed by atoms with van der Waals surface area (Å²) in [6, 6.07) is 15.3. The fourth-order valence-electron chi connectivity index (χ4n) is 2.74. The number of benzene rings is 2. The van der Waals surface area contributed by atoms with Crippen LogP contribution in [0.25, 0.3) is 0 Å². The van der Waals surface area contributed by atoms with Gasteiger partial charge in [0.1, 0.15) is 7.85 Å². The molecule has 2 aromatic carbocycles. The van der Waals surface area contributed by atoms with Crippen molar-refractivity contribution in [2.24, 2.45) is 0 Å². The predicted molar refractivity (Wildman–Crippen MR) is 113 cm³/mol. The molecule has 0 bridgehead atoms. The highest BCUT2D eigenvalue weighted by Crippen LogP contribution is 2.17. The van der Waals surface area contributed by atoms with Crippen LogP contribution in [0.1, 0.15) is 15.9 Å². The number of anilines is 1. The Labute approximate surface area is 163 Å². The van der Waals surface area contributed by atoms with Gasteiger partial charge in [-0.05, 0) is 38.4 Å². The molecule has 1 aliphatic heterocycles. The molecule has 2 aromatic rings. The normalized spacial score (nSPS) is 15.0. The summed E-state index contributed by atoms with van der Waals surface area (Å²) in [4.78, 5) is 26.1. The number of nitrogens with zero attached hydrogens (tertiary/aromatic N) is 1. The van der Waals surface area contributed by atoms with Crippen LogP contribution in [0.3, 0.4) is 0 Å². The van der Waals surface area contributed by atoms with Crippen LogP contribution >= 0.6 is 20.7 Å². The van der Waals surface area contributed by atoms with Gasteiger partial charge in [-0.2, -0.15) is 0 Å². The van der Waals surface area contributed by atoms with Gasteiger partial charge in [-0.3, -0.25) is 9.69 Å². The molecule has 0 amide bonds. The molecule has 0 aliphatic carbocycles. The van der Waals surface area contributed by atoms with Gasteiger partial charge in [-0.15, -0.1) is 0 Å². The lowest BCUT2D eigenvalue weighted by Crippen LogP contribution is -2.39. The zero-order valence-electron chi connectivity index (χ0n) is 14.4. The third-order valence-corrected chi connectivity index (χ3v) is 6.17. The van der Waals surface area contributed by atoms with E-state index in [9.17, 15) is 9.59 Å². The second kappa shape index (κ2) is 8.59. The molecule has 0 spiro atoms. The molecule has 132 valence electrons. The maximum absolute atomic E-state index is 12.2. The van der Waals surface area contributed by atoms with Gasteiger partial charge in [0.25, 0.3) is 0 Å². The van der Waals surface area contributed by atoms with E-state index in [0.29, 0.717) is 29.8 Å². The number of methoxy groups -OCH3 is 1. The summed E-state index contributed by atoms with van der Waals surface area (Å²) in [6.07, 6.45) is 0. The summed E-state index contributed by atoms with van der Waals surface area (Å²) in [5.41, 5.74) is 2.46. The van der Waals surface area contributed by atoms with E-state index < -0.39 is 26.7 Å². The molecule has 2 radical (unpaired) electrons. The second-order valence-corrected chi connectivity index (χ2v) is 8.91. The molecule has 0 aromatic heterocycles. The molecule has 3 rings (SSSR count). The number of nitrogens with one attached hydrogen (secondary N) is 1. The maximum Gasteiger partial charge on any atom is 0.337 e. The van der Waals surface area contributed by atoms with Crippen molar-refractivity contribution in [3.05, 3.63) is 59.7 Å². The summed E-state index contributed by atoms with van der Waals surface area (Å²) in [7, 11) is 7.43. The number of halogens is 1. The van der Waals surface area contributed by atoms with Gasteiger partial charge in [0.2, 0.25) is 3.79 Å². The summed E-state index contributed by atoms with van der Waals surface area (Å²) in [6.45, 7) is 1.89. The van der Waals surface area contributed by atoms with E-state index >= 15 is 0 Å². The lowest BCUT2D eigenvalue weighted by Gasteiger charge is -2.27. The molecule has 1 aliphatic rings. The van der Waals surface area contributed by atoms with Crippen LogP contribution in [-0.4, -0.2) is 46.3 Å². The summed E-state index contributed by atoms with van der Waals surface area (Å²) in [5, 5.41) is 3.28. The molecule has 1 N–H and O–H groups in total. The van der Waals surface area contributed by atoms with E-state index in [1.54, 1.807) is 18.2 Å². The first-order chi connectivity index (χ1) is 12.6. The van der Waals surface area contributed by atoms with Crippen molar-refractivity contribution in [1.82, 2.24) is 4.90 Å². The molecular weight excluding hydrogens is 442 g/mol. The van der Waals surface area contributed by atoms with Crippen molar-refractivity contribution in [3.63, 3.8) is 0 Å². The van der Waals surface area contributed by atoms with E-state index in [2.05, 4.69) is 22.3 Å². The molecule has 1 heterocycles. The molecule has 0 unspecified atom stereocenters. The van der Waals surface area contributed by atoms with Gasteiger partial charge in [0.15, 0.2) is 0 Å². The van der Waals surface area contributed by atoms with Crippen molar-refractivity contribution >= 4 is 53.1 Å². The third-order valence-electron chi connectivity index (χ3n) is 3.96. The Morgan fingerprint density at radius 3 is 2.69 bits per heavy atom. The van der Waals surface area contributed by atoms with Crippen LogP contribution in [0.15, 0.2) is 48.5 Å². The molecule has 0 saturated heterocycles. The number of carbonyl (C=O) groups excluding carboxylic acids is 2. The fourth-order valence-corrected chi connectivity index (χ4v) is 5.20. The van der Waals surface area contributed by atoms with Crippen LogP contribution < -0.4 is 10.8 Å². The van der Waals surface area contributed by atoms with Crippen LogP contribution in [0.2, 0.25) is 0 Å². The highest BCUT2D eigenvalue weighted by Gasteiger charge is 2.20. The average molecular weight is 460 g/mol. The second-order valence-electron chi connectivity index (χ2n) is 5.87. The van der Waals surface area contributed by atoms with Crippen LogP contribution in [-0.2, 0) is 16.1 Å².